The summed E-state index contributed by atoms with van der Waals surface area (Å²) in [5.41, 5.74) is 0. The average molecular weight is 197 g/mol. The summed E-state index contributed by atoms with van der Waals surface area (Å²) in [6.07, 6.45) is 6.87. The van der Waals surface area contributed by atoms with Crippen LogP contribution >= 0.6 is 0 Å². The van der Waals surface area contributed by atoms with Gasteiger partial charge in [0, 0.05) is 19.2 Å². The van der Waals surface area contributed by atoms with Gasteiger partial charge in [-0.2, -0.15) is 0 Å². The molecule has 82 valence electrons. The molecule has 1 aliphatic carbocycles. The minimum atomic E-state index is 0.785. The molecule has 0 bridgehead atoms. The molecule has 2 aliphatic rings. The minimum Gasteiger partial charge on any atom is -0.381 e. The lowest BCUT2D eigenvalue weighted by molar-refractivity contribution is 0.184. The van der Waals surface area contributed by atoms with E-state index >= 15 is 0 Å². The molecule has 1 saturated carbocycles. The van der Waals surface area contributed by atoms with Crippen molar-refractivity contribution in [3.8, 4) is 0 Å². The predicted octanol–water partition coefficient (Wildman–Crippen LogP) is 2.19. The van der Waals surface area contributed by atoms with Crippen molar-refractivity contribution < 1.29 is 4.74 Å². The van der Waals surface area contributed by atoms with Crippen LogP contribution in [0.15, 0.2) is 0 Å². The minimum absolute atomic E-state index is 0.785. The van der Waals surface area contributed by atoms with E-state index in [1.54, 1.807) is 0 Å². The van der Waals surface area contributed by atoms with Crippen molar-refractivity contribution in [3.05, 3.63) is 0 Å². The van der Waals surface area contributed by atoms with Crippen molar-refractivity contribution in [3.63, 3.8) is 0 Å². The van der Waals surface area contributed by atoms with Gasteiger partial charge >= 0.3 is 0 Å². The molecule has 0 aromatic rings. The molecule has 1 saturated heterocycles. The van der Waals surface area contributed by atoms with E-state index < -0.39 is 0 Å². The predicted molar refractivity (Wildman–Crippen MR) is 58.3 cm³/mol. The Hall–Kier alpha value is -0.0800. The summed E-state index contributed by atoms with van der Waals surface area (Å²) in [6, 6.07) is 0.806. The second-order valence-electron chi connectivity index (χ2n) is 4.84. The zero-order valence-electron chi connectivity index (χ0n) is 9.30. The van der Waals surface area contributed by atoms with Gasteiger partial charge < -0.3 is 10.1 Å². The molecular formula is C12H23NO. The molecule has 0 aromatic heterocycles. The van der Waals surface area contributed by atoms with Gasteiger partial charge in [0.25, 0.3) is 0 Å². The van der Waals surface area contributed by atoms with Gasteiger partial charge in [0.2, 0.25) is 0 Å². The van der Waals surface area contributed by atoms with E-state index in [4.69, 9.17) is 4.74 Å². The normalized spacial score (nSPS) is 37.9. The summed E-state index contributed by atoms with van der Waals surface area (Å²) < 4.78 is 5.39. The molecule has 2 heteroatoms. The fourth-order valence-corrected chi connectivity index (χ4v) is 2.86. The lowest BCUT2D eigenvalue weighted by Gasteiger charge is -2.21. The molecule has 1 N–H and O–H groups in total. The van der Waals surface area contributed by atoms with Gasteiger partial charge in [-0.15, -0.1) is 0 Å². The zero-order valence-corrected chi connectivity index (χ0v) is 9.30. The molecule has 1 aliphatic heterocycles. The second kappa shape index (κ2) is 5.13. The van der Waals surface area contributed by atoms with Crippen LogP contribution in [0.4, 0.5) is 0 Å². The van der Waals surface area contributed by atoms with Crippen molar-refractivity contribution in [2.75, 3.05) is 19.8 Å². The van der Waals surface area contributed by atoms with Gasteiger partial charge in [-0.1, -0.05) is 19.8 Å². The van der Waals surface area contributed by atoms with Gasteiger partial charge in [0.15, 0.2) is 0 Å². The Morgan fingerprint density at radius 2 is 2.21 bits per heavy atom. The van der Waals surface area contributed by atoms with E-state index in [-0.39, 0.29) is 0 Å². The molecular weight excluding hydrogens is 174 g/mol. The number of hydrogen-bond donors (Lipinski definition) is 1. The van der Waals surface area contributed by atoms with Crippen LogP contribution in [0.1, 0.15) is 39.0 Å². The van der Waals surface area contributed by atoms with Crippen molar-refractivity contribution in [2.45, 2.75) is 45.1 Å². The van der Waals surface area contributed by atoms with Crippen LogP contribution in [0, 0.1) is 11.8 Å². The molecule has 14 heavy (non-hydrogen) atoms. The maximum absolute atomic E-state index is 5.39. The first-order valence-electron chi connectivity index (χ1n) is 6.21. The third kappa shape index (κ3) is 2.48. The highest BCUT2D eigenvalue weighted by Crippen LogP contribution is 2.28. The van der Waals surface area contributed by atoms with Crippen molar-refractivity contribution in [1.82, 2.24) is 5.32 Å². The quantitative estimate of drug-likeness (QED) is 0.746. The Morgan fingerprint density at radius 3 is 2.93 bits per heavy atom. The first kappa shape index (κ1) is 10.4. The van der Waals surface area contributed by atoms with E-state index in [2.05, 4.69) is 12.2 Å². The van der Waals surface area contributed by atoms with Crippen LogP contribution in [0.3, 0.4) is 0 Å². The fourth-order valence-electron chi connectivity index (χ4n) is 2.86. The molecule has 0 radical (unpaired) electrons. The smallest absolute Gasteiger partial charge is 0.0507 e. The average Bonchev–Trinajstić information content (AvgIpc) is 2.85. The maximum atomic E-state index is 5.39. The topological polar surface area (TPSA) is 21.3 Å². The van der Waals surface area contributed by atoms with E-state index in [1.807, 2.05) is 0 Å². The molecule has 2 rings (SSSR count). The molecule has 2 fully saturated rings. The van der Waals surface area contributed by atoms with Gasteiger partial charge in [-0.05, 0) is 31.1 Å². The third-order valence-corrected chi connectivity index (χ3v) is 3.88. The van der Waals surface area contributed by atoms with E-state index in [0.717, 1.165) is 31.1 Å². The van der Waals surface area contributed by atoms with Crippen LogP contribution in [-0.4, -0.2) is 25.8 Å². The molecule has 2 nitrogen and oxygen atoms in total. The zero-order chi connectivity index (χ0) is 9.80. The standard InChI is InChI=1S/C12H23NO/c1-2-11-4-3-5-12(11)13-8-10-6-7-14-9-10/h10-13H,2-9H2,1H3. The number of hydrogen-bond acceptors (Lipinski definition) is 2. The third-order valence-electron chi connectivity index (χ3n) is 3.88. The Balaban J connectivity index is 1.68. The SMILES string of the molecule is CCC1CCCC1NCC1CCOC1. The Labute approximate surface area is 87.4 Å². The van der Waals surface area contributed by atoms with Crippen molar-refractivity contribution in [1.29, 1.82) is 0 Å². The van der Waals surface area contributed by atoms with Gasteiger partial charge in [0.1, 0.15) is 0 Å². The van der Waals surface area contributed by atoms with E-state index in [9.17, 15) is 0 Å². The number of rotatable bonds is 4. The molecule has 0 aromatic carbocycles. The number of nitrogens with one attached hydrogen (secondary N) is 1. The lowest BCUT2D eigenvalue weighted by Crippen LogP contribution is -2.35. The molecule has 3 atom stereocenters. The summed E-state index contributed by atoms with van der Waals surface area (Å²) in [4.78, 5) is 0. The largest absolute Gasteiger partial charge is 0.381 e. The highest BCUT2D eigenvalue weighted by molar-refractivity contribution is 4.83. The van der Waals surface area contributed by atoms with Crippen molar-refractivity contribution >= 4 is 0 Å². The lowest BCUT2D eigenvalue weighted by atomic mass is 10.00. The molecule has 1 heterocycles. The Kier molecular flexibility index (Phi) is 3.82. The monoisotopic (exact) mass is 197 g/mol. The van der Waals surface area contributed by atoms with Crippen LogP contribution in [-0.2, 0) is 4.74 Å². The van der Waals surface area contributed by atoms with Crippen molar-refractivity contribution in [2.24, 2.45) is 11.8 Å². The maximum Gasteiger partial charge on any atom is 0.0507 e. The first-order valence-corrected chi connectivity index (χ1v) is 6.21. The summed E-state index contributed by atoms with van der Waals surface area (Å²) >= 11 is 0. The first-order chi connectivity index (χ1) is 6.90. The van der Waals surface area contributed by atoms with Crippen LogP contribution < -0.4 is 5.32 Å². The Morgan fingerprint density at radius 1 is 1.29 bits per heavy atom. The fraction of sp³-hybridized carbons (Fsp3) is 1.00. The summed E-state index contributed by atoms with van der Waals surface area (Å²) in [6.45, 7) is 5.47. The van der Waals surface area contributed by atoms with Gasteiger partial charge in [-0.3, -0.25) is 0 Å². The molecule has 3 unspecified atom stereocenters. The molecule has 0 amide bonds. The summed E-state index contributed by atoms with van der Waals surface area (Å²) in [5.74, 6) is 1.73. The van der Waals surface area contributed by atoms with Gasteiger partial charge in [0.05, 0.1) is 6.61 Å². The van der Waals surface area contributed by atoms with E-state index in [1.165, 1.54) is 38.6 Å². The summed E-state index contributed by atoms with van der Waals surface area (Å²) in [7, 11) is 0. The van der Waals surface area contributed by atoms with Crippen LogP contribution in [0.25, 0.3) is 0 Å². The van der Waals surface area contributed by atoms with Gasteiger partial charge in [-0.25, -0.2) is 0 Å². The van der Waals surface area contributed by atoms with Crippen LogP contribution in [0.2, 0.25) is 0 Å². The van der Waals surface area contributed by atoms with Crippen LogP contribution in [0.5, 0.6) is 0 Å². The highest BCUT2D eigenvalue weighted by Gasteiger charge is 2.26. The summed E-state index contributed by atoms with van der Waals surface area (Å²) in [5, 5.41) is 3.74. The number of ether oxygens (including phenoxy) is 1. The highest BCUT2D eigenvalue weighted by atomic mass is 16.5. The molecule has 0 spiro atoms. The van der Waals surface area contributed by atoms with E-state index in [0.29, 0.717) is 0 Å². The second-order valence-corrected chi connectivity index (χ2v) is 4.84. The Bertz CT molecular complexity index is 166.